The summed E-state index contributed by atoms with van der Waals surface area (Å²) in [5, 5.41) is 3.77. The second-order valence-electron chi connectivity index (χ2n) is 4.02. The predicted molar refractivity (Wildman–Crippen MR) is 61.1 cm³/mol. The summed E-state index contributed by atoms with van der Waals surface area (Å²) in [7, 11) is 2.15. The lowest BCUT2D eigenvalue weighted by Gasteiger charge is -2.11. The summed E-state index contributed by atoms with van der Waals surface area (Å²) in [6.45, 7) is 3.31. The summed E-state index contributed by atoms with van der Waals surface area (Å²) in [6, 6.07) is 1.75. The van der Waals surface area contributed by atoms with Crippen molar-refractivity contribution >= 4 is 17.4 Å². The molecule has 0 amide bonds. The summed E-state index contributed by atoms with van der Waals surface area (Å²) in [5.41, 5.74) is 0. The maximum absolute atomic E-state index is 5.76. The van der Waals surface area contributed by atoms with E-state index in [0.29, 0.717) is 11.1 Å². The van der Waals surface area contributed by atoms with Crippen molar-refractivity contribution in [1.29, 1.82) is 0 Å². The van der Waals surface area contributed by atoms with Gasteiger partial charge in [-0.1, -0.05) is 11.6 Å². The fourth-order valence-electron chi connectivity index (χ4n) is 1.87. The molecule has 1 aliphatic heterocycles. The maximum Gasteiger partial charge on any atom is 0.134 e. The molecule has 1 N–H and O–H groups in total. The van der Waals surface area contributed by atoms with E-state index >= 15 is 0 Å². The van der Waals surface area contributed by atoms with Gasteiger partial charge in [-0.25, -0.2) is 9.97 Å². The number of halogens is 1. The van der Waals surface area contributed by atoms with E-state index < -0.39 is 0 Å². The van der Waals surface area contributed by atoms with Gasteiger partial charge in [0.05, 0.1) is 0 Å². The highest BCUT2D eigenvalue weighted by Gasteiger charge is 2.18. The highest BCUT2D eigenvalue weighted by molar-refractivity contribution is 6.29. The Labute approximate surface area is 94.7 Å². The van der Waals surface area contributed by atoms with Gasteiger partial charge >= 0.3 is 0 Å². The highest BCUT2D eigenvalue weighted by atomic mass is 35.5. The fourth-order valence-corrected chi connectivity index (χ4v) is 2.02. The second kappa shape index (κ2) is 4.77. The van der Waals surface area contributed by atoms with Gasteiger partial charge < -0.3 is 10.2 Å². The molecule has 1 fully saturated rings. The topological polar surface area (TPSA) is 41.0 Å². The monoisotopic (exact) mass is 226 g/mol. The van der Waals surface area contributed by atoms with Gasteiger partial charge in [0, 0.05) is 19.2 Å². The number of anilines is 1. The van der Waals surface area contributed by atoms with E-state index in [2.05, 4.69) is 27.2 Å². The van der Waals surface area contributed by atoms with Gasteiger partial charge in [0.1, 0.15) is 17.3 Å². The van der Waals surface area contributed by atoms with E-state index in [9.17, 15) is 0 Å². The Morgan fingerprint density at radius 1 is 1.60 bits per heavy atom. The van der Waals surface area contributed by atoms with Gasteiger partial charge in [0.25, 0.3) is 0 Å². The average Bonchev–Trinajstić information content (AvgIpc) is 2.62. The van der Waals surface area contributed by atoms with Gasteiger partial charge in [-0.2, -0.15) is 0 Å². The number of hydrogen-bond donors (Lipinski definition) is 1. The molecule has 0 radical (unpaired) electrons. The Morgan fingerprint density at radius 2 is 2.47 bits per heavy atom. The lowest BCUT2D eigenvalue weighted by Crippen LogP contribution is -2.19. The zero-order valence-corrected chi connectivity index (χ0v) is 9.54. The first-order valence-corrected chi connectivity index (χ1v) is 5.52. The van der Waals surface area contributed by atoms with Crippen molar-refractivity contribution < 1.29 is 0 Å². The largest absolute Gasteiger partial charge is 0.370 e. The first-order valence-electron chi connectivity index (χ1n) is 5.14. The summed E-state index contributed by atoms with van der Waals surface area (Å²) in [6.07, 6.45) is 2.73. The average molecular weight is 227 g/mol. The number of aromatic nitrogens is 2. The number of likely N-dealkylation sites (tertiary alicyclic amines) is 1. The van der Waals surface area contributed by atoms with Crippen LogP contribution in [-0.2, 0) is 0 Å². The van der Waals surface area contributed by atoms with E-state index in [1.807, 2.05) is 0 Å². The van der Waals surface area contributed by atoms with Crippen LogP contribution in [0.4, 0.5) is 5.82 Å². The molecule has 1 aromatic heterocycles. The third-order valence-electron chi connectivity index (χ3n) is 2.69. The third-order valence-corrected chi connectivity index (χ3v) is 2.90. The van der Waals surface area contributed by atoms with Crippen LogP contribution in [0.15, 0.2) is 12.4 Å². The van der Waals surface area contributed by atoms with E-state index in [4.69, 9.17) is 11.6 Å². The molecular weight excluding hydrogens is 212 g/mol. The van der Waals surface area contributed by atoms with Crippen LogP contribution in [0.1, 0.15) is 6.42 Å². The molecule has 0 aliphatic carbocycles. The number of rotatable bonds is 3. The van der Waals surface area contributed by atoms with Crippen molar-refractivity contribution in [3.05, 3.63) is 17.5 Å². The Bertz CT molecular complexity index is 331. The molecule has 1 saturated heterocycles. The van der Waals surface area contributed by atoms with Crippen molar-refractivity contribution in [3.63, 3.8) is 0 Å². The summed E-state index contributed by atoms with van der Waals surface area (Å²) < 4.78 is 0. The van der Waals surface area contributed by atoms with Crippen LogP contribution in [0, 0.1) is 5.92 Å². The minimum Gasteiger partial charge on any atom is -0.370 e. The van der Waals surface area contributed by atoms with Gasteiger partial charge in [-0.15, -0.1) is 0 Å². The van der Waals surface area contributed by atoms with Crippen LogP contribution < -0.4 is 5.32 Å². The molecule has 2 heterocycles. The SMILES string of the molecule is CN1CCC(CNc2cc(Cl)ncn2)C1. The summed E-state index contributed by atoms with van der Waals surface area (Å²) in [4.78, 5) is 10.3. The quantitative estimate of drug-likeness (QED) is 0.793. The van der Waals surface area contributed by atoms with Crippen LogP contribution in [0.5, 0.6) is 0 Å². The normalized spacial score (nSPS) is 21.9. The molecule has 0 spiro atoms. The first kappa shape index (κ1) is 10.6. The Kier molecular flexibility index (Phi) is 3.38. The van der Waals surface area contributed by atoms with Gasteiger partial charge in [0.15, 0.2) is 0 Å². The van der Waals surface area contributed by atoms with Crippen LogP contribution in [-0.4, -0.2) is 41.5 Å². The van der Waals surface area contributed by atoms with Gasteiger partial charge in [0.2, 0.25) is 0 Å². The molecule has 1 aliphatic rings. The molecular formula is C10H15ClN4. The Morgan fingerprint density at radius 3 is 3.13 bits per heavy atom. The van der Waals surface area contributed by atoms with Crippen molar-refractivity contribution in [2.24, 2.45) is 5.92 Å². The van der Waals surface area contributed by atoms with Crippen molar-refractivity contribution in [1.82, 2.24) is 14.9 Å². The molecule has 5 heteroatoms. The molecule has 0 saturated carbocycles. The van der Waals surface area contributed by atoms with Crippen LogP contribution in [0.25, 0.3) is 0 Å². The molecule has 2 rings (SSSR count). The molecule has 15 heavy (non-hydrogen) atoms. The van der Waals surface area contributed by atoms with Crippen molar-refractivity contribution in [2.75, 3.05) is 32.0 Å². The Hall–Kier alpha value is -0.870. The maximum atomic E-state index is 5.76. The summed E-state index contributed by atoms with van der Waals surface area (Å²) >= 11 is 5.76. The molecule has 4 nitrogen and oxygen atoms in total. The number of nitrogens with one attached hydrogen (secondary N) is 1. The molecule has 0 bridgehead atoms. The van der Waals surface area contributed by atoms with Crippen LogP contribution in [0.2, 0.25) is 5.15 Å². The Balaban J connectivity index is 1.83. The molecule has 82 valence electrons. The fraction of sp³-hybridized carbons (Fsp3) is 0.600. The van der Waals surface area contributed by atoms with Crippen molar-refractivity contribution in [3.8, 4) is 0 Å². The zero-order valence-electron chi connectivity index (χ0n) is 8.78. The second-order valence-corrected chi connectivity index (χ2v) is 4.41. The van der Waals surface area contributed by atoms with E-state index in [1.165, 1.54) is 19.3 Å². The standard InChI is InChI=1S/C10H15ClN4/c1-15-3-2-8(6-15)5-12-10-4-9(11)13-7-14-10/h4,7-8H,2-3,5-6H2,1H3,(H,12,13,14). The number of nitrogens with zero attached hydrogens (tertiary/aromatic N) is 3. The lowest BCUT2D eigenvalue weighted by molar-refractivity contribution is 0.399. The van der Waals surface area contributed by atoms with Crippen LogP contribution >= 0.6 is 11.6 Å². The first-order chi connectivity index (χ1) is 7.24. The highest BCUT2D eigenvalue weighted by Crippen LogP contribution is 2.15. The van der Waals surface area contributed by atoms with Gasteiger partial charge in [-0.3, -0.25) is 0 Å². The summed E-state index contributed by atoms with van der Waals surface area (Å²) in [5.74, 6) is 1.52. The smallest absolute Gasteiger partial charge is 0.134 e. The molecule has 0 aromatic carbocycles. The van der Waals surface area contributed by atoms with Crippen LogP contribution in [0.3, 0.4) is 0 Å². The predicted octanol–water partition coefficient (Wildman–Crippen LogP) is 1.49. The van der Waals surface area contributed by atoms with E-state index in [1.54, 1.807) is 6.07 Å². The molecule has 1 aromatic rings. The zero-order chi connectivity index (χ0) is 10.7. The van der Waals surface area contributed by atoms with Gasteiger partial charge in [-0.05, 0) is 25.9 Å². The molecule has 1 atom stereocenters. The third kappa shape index (κ3) is 3.04. The van der Waals surface area contributed by atoms with E-state index in [0.717, 1.165) is 18.9 Å². The van der Waals surface area contributed by atoms with Crippen molar-refractivity contribution in [2.45, 2.75) is 6.42 Å². The minimum absolute atomic E-state index is 0.482. The number of hydrogen-bond acceptors (Lipinski definition) is 4. The van der Waals surface area contributed by atoms with E-state index in [-0.39, 0.29) is 0 Å². The molecule has 1 unspecified atom stereocenters. The minimum atomic E-state index is 0.482. The lowest BCUT2D eigenvalue weighted by atomic mass is 10.1.